The van der Waals surface area contributed by atoms with Gasteiger partial charge in [0.05, 0.1) is 13.2 Å². The number of benzene rings is 1. The summed E-state index contributed by atoms with van der Waals surface area (Å²) in [5, 5.41) is 6.44. The number of alkyl halides is 1. The second-order valence-electron chi connectivity index (χ2n) is 5.61. The highest BCUT2D eigenvalue weighted by atomic mass is 19.1. The number of ether oxygens (including phenoxy) is 1. The van der Waals surface area contributed by atoms with Crippen LogP contribution in [0.2, 0.25) is 0 Å². The van der Waals surface area contributed by atoms with Crippen LogP contribution in [0, 0.1) is 0 Å². The highest BCUT2D eigenvalue weighted by Gasteiger charge is 2.42. The van der Waals surface area contributed by atoms with Gasteiger partial charge in [-0.25, -0.2) is 4.39 Å². The molecule has 2 N–H and O–H groups in total. The summed E-state index contributed by atoms with van der Waals surface area (Å²) in [5.74, 6) is 0.601. The van der Waals surface area contributed by atoms with Crippen LogP contribution >= 0.6 is 0 Å². The van der Waals surface area contributed by atoms with Crippen molar-refractivity contribution >= 4 is 16.9 Å². The maximum atomic E-state index is 14.4. The van der Waals surface area contributed by atoms with Gasteiger partial charge in [-0.1, -0.05) is 12.1 Å². The summed E-state index contributed by atoms with van der Waals surface area (Å²) in [7, 11) is 1.57. The van der Waals surface area contributed by atoms with E-state index >= 15 is 0 Å². The summed E-state index contributed by atoms with van der Waals surface area (Å²) in [6.45, 7) is 2.34. The number of methoxy groups -OCH3 is 1. The first-order chi connectivity index (χ1) is 10.5. The molecule has 1 amide bonds. The summed E-state index contributed by atoms with van der Waals surface area (Å²) in [6.07, 6.45) is 0.194. The monoisotopic (exact) mass is 306 g/mol. The van der Waals surface area contributed by atoms with E-state index in [0.717, 1.165) is 5.39 Å². The SMILES string of the molecule is COc1cccc2cc(C(C)NC(=O)C3(F)CCNC3)oc12. The van der Waals surface area contributed by atoms with Crippen LogP contribution in [-0.2, 0) is 4.79 Å². The molecule has 118 valence electrons. The molecule has 1 aliphatic heterocycles. The molecule has 22 heavy (non-hydrogen) atoms. The number of furan rings is 1. The highest BCUT2D eigenvalue weighted by Crippen LogP contribution is 2.31. The topological polar surface area (TPSA) is 63.5 Å². The van der Waals surface area contributed by atoms with Gasteiger partial charge in [0.1, 0.15) is 5.76 Å². The van der Waals surface area contributed by atoms with Gasteiger partial charge in [-0.3, -0.25) is 4.79 Å². The van der Waals surface area contributed by atoms with E-state index in [2.05, 4.69) is 10.6 Å². The molecule has 5 nitrogen and oxygen atoms in total. The van der Waals surface area contributed by atoms with Gasteiger partial charge in [0.25, 0.3) is 5.91 Å². The third-order valence-corrected chi connectivity index (χ3v) is 4.03. The smallest absolute Gasteiger partial charge is 0.259 e. The van der Waals surface area contributed by atoms with Crippen molar-refractivity contribution in [3.8, 4) is 5.75 Å². The molecule has 1 aromatic heterocycles. The standard InChI is InChI=1S/C16H19FN2O3/c1-10(19-15(20)16(17)6-7-18-9-16)13-8-11-4-3-5-12(21-2)14(11)22-13/h3-5,8,10,18H,6-7,9H2,1-2H3,(H,19,20). The normalized spacial score (nSPS) is 22.7. The number of nitrogens with one attached hydrogen (secondary N) is 2. The number of hydrogen-bond donors (Lipinski definition) is 2. The minimum atomic E-state index is -1.84. The minimum Gasteiger partial charge on any atom is -0.493 e. The Labute approximate surface area is 127 Å². The molecule has 0 bridgehead atoms. The maximum Gasteiger partial charge on any atom is 0.259 e. The van der Waals surface area contributed by atoms with Crippen molar-refractivity contribution in [3.63, 3.8) is 0 Å². The molecule has 2 heterocycles. The zero-order valence-corrected chi connectivity index (χ0v) is 12.6. The Balaban J connectivity index is 1.80. The first-order valence-corrected chi connectivity index (χ1v) is 7.30. The Morgan fingerprint density at radius 3 is 3.05 bits per heavy atom. The van der Waals surface area contributed by atoms with Gasteiger partial charge in [-0.2, -0.15) is 0 Å². The quantitative estimate of drug-likeness (QED) is 0.910. The minimum absolute atomic E-state index is 0.0551. The third-order valence-electron chi connectivity index (χ3n) is 4.03. The number of para-hydroxylation sites is 1. The lowest BCUT2D eigenvalue weighted by molar-refractivity contribution is -0.132. The average Bonchev–Trinajstić information content (AvgIpc) is 3.13. The van der Waals surface area contributed by atoms with Crippen LogP contribution in [-0.4, -0.2) is 31.8 Å². The number of fused-ring (bicyclic) bond motifs is 1. The fourth-order valence-electron chi connectivity index (χ4n) is 2.68. The first-order valence-electron chi connectivity index (χ1n) is 7.30. The Hall–Kier alpha value is -2.08. The molecule has 6 heteroatoms. The van der Waals surface area contributed by atoms with E-state index in [1.807, 2.05) is 18.2 Å². The van der Waals surface area contributed by atoms with E-state index in [4.69, 9.17) is 9.15 Å². The first kappa shape index (κ1) is 14.8. The van der Waals surface area contributed by atoms with Crippen LogP contribution in [0.1, 0.15) is 25.1 Å². The third kappa shape index (κ3) is 2.54. The van der Waals surface area contributed by atoms with Crippen molar-refractivity contribution < 1.29 is 18.3 Å². The molecule has 1 fully saturated rings. The fraction of sp³-hybridized carbons (Fsp3) is 0.438. The van der Waals surface area contributed by atoms with Crippen molar-refractivity contribution in [1.82, 2.24) is 10.6 Å². The number of rotatable bonds is 4. The summed E-state index contributed by atoms with van der Waals surface area (Å²) < 4.78 is 25.4. The molecule has 2 unspecified atom stereocenters. The fourth-order valence-corrected chi connectivity index (χ4v) is 2.68. The second-order valence-corrected chi connectivity index (χ2v) is 5.61. The highest BCUT2D eigenvalue weighted by molar-refractivity contribution is 5.87. The van der Waals surface area contributed by atoms with Crippen molar-refractivity contribution in [2.45, 2.75) is 25.1 Å². The van der Waals surface area contributed by atoms with Crippen LogP contribution in [0.4, 0.5) is 4.39 Å². The van der Waals surface area contributed by atoms with Crippen LogP contribution in [0.5, 0.6) is 5.75 Å². The van der Waals surface area contributed by atoms with Crippen LogP contribution in [0.15, 0.2) is 28.7 Å². The molecule has 0 aliphatic carbocycles. The molecule has 2 aromatic rings. The van der Waals surface area contributed by atoms with Crippen LogP contribution in [0.3, 0.4) is 0 Å². The number of hydrogen-bond acceptors (Lipinski definition) is 4. The van der Waals surface area contributed by atoms with Crippen molar-refractivity contribution in [2.24, 2.45) is 0 Å². The summed E-state index contributed by atoms with van der Waals surface area (Å²) in [6, 6.07) is 6.99. The molecule has 1 saturated heterocycles. The van der Waals surface area contributed by atoms with Gasteiger partial charge < -0.3 is 19.8 Å². The molecular formula is C16H19FN2O3. The van der Waals surface area contributed by atoms with Crippen molar-refractivity contribution in [2.75, 3.05) is 20.2 Å². The number of carbonyl (C=O) groups is 1. The average molecular weight is 306 g/mol. The predicted molar refractivity (Wildman–Crippen MR) is 80.6 cm³/mol. The summed E-state index contributed by atoms with van der Waals surface area (Å²) >= 11 is 0. The van der Waals surface area contributed by atoms with E-state index in [9.17, 15) is 9.18 Å². The maximum absolute atomic E-state index is 14.4. The van der Waals surface area contributed by atoms with Gasteiger partial charge in [0.15, 0.2) is 11.3 Å². The van der Waals surface area contributed by atoms with E-state index in [1.54, 1.807) is 20.1 Å². The molecule has 3 rings (SSSR count). The number of halogens is 1. The molecular weight excluding hydrogens is 287 g/mol. The Morgan fingerprint density at radius 1 is 1.55 bits per heavy atom. The van der Waals surface area contributed by atoms with E-state index in [1.165, 1.54) is 0 Å². The van der Waals surface area contributed by atoms with Gasteiger partial charge in [0, 0.05) is 18.4 Å². The molecule has 1 aromatic carbocycles. The van der Waals surface area contributed by atoms with E-state index in [0.29, 0.717) is 23.6 Å². The number of carbonyl (C=O) groups excluding carboxylic acids is 1. The molecule has 2 atom stereocenters. The molecule has 1 aliphatic rings. The van der Waals surface area contributed by atoms with Gasteiger partial charge >= 0.3 is 0 Å². The van der Waals surface area contributed by atoms with Crippen molar-refractivity contribution in [3.05, 3.63) is 30.0 Å². The lowest BCUT2D eigenvalue weighted by atomic mass is 10.0. The van der Waals surface area contributed by atoms with Crippen LogP contribution in [0.25, 0.3) is 11.0 Å². The van der Waals surface area contributed by atoms with Gasteiger partial charge in [0.2, 0.25) is 5.67 Å². The largest absolute Gasteiger partial charge is 0.493 e. The van der Waals surface area contributed by atoms with Crippen LogP contribution < -0.4 is 15.4 Å². The van der Waals surface area contributed by atoms with E-state index < -0.39 is 17.6 Å². The molecule has 0 radical (unpaired) electrons. The predicted octanol–water partition coefficient (Wildman–Crippen LogP) is 2.32. The van der Waals surface area contributed by atoms with Crippen molar-refractivity contribution in [1.29, 1.82) is 0 Å². The van der Waals surface area contributed by atoms with Gasteiger partial charge in [-0.15, -0.1) is 0 Å². The lowest BCUT2D eigenvalue weighted by Crippen LogP contribution is -2.45. The summed E-state index contributed by atoms with van der Waals surface area (Å²) in [5.41, 5.74) is -1.21. The second kappa shape index (κ2) is 5.61. The summed E-state index contributed by atoms with van der Waals surface area (Å²) in [4.78, 5) is 12.1. The Kier molecular flexibility index (Phi) is 3.78. The number of amides is 1. The Morgan fingerprint density at radius 2 is 2.36 bits per heavy atom. The molecule has 0 spiro atoms. The zero-order valence-electron chi connectivity index (χ0n) is 12.6. The lowest BCUT2D eigenvalue weighted by Gasteiger charge is -2.20. The Bertz CT molecular complexity index is 692. The van der Waals surface area contributed by atoms with E-state index in [-0.39, 0.29) is 13.0 Å². The molecule has 0 saturated carbocycles. The zero-order chi connectivity index (χ0) is 15.7. The van der Waals surface area contributed by atoms with Gasteiger partial charge in [-0.05, 0) is 25.6 Å².